The number of thiophene rings is 2. The first-order valence-electron chi connectivity index (χ1n) is 34.1. The Kier molecular flexibility index (Phi) is 13.4. The van der Waals surface area contributed by atoms with Gasteiger partial charge in [0, 0.05) is 86.1 Å². The van der Waals surface area contributed by atoms with E-state index in [0.717, 1.165) is 62.6 Å². The van der Waals surface area contributed by atoms with Crippen molar-refractivity contribution < 1.29 is 0 Å². The first-order valence-corrected chi connectivity index (χ1v) is 35.7. The molecule has 16 aromatic rings. The van der Waals surface area contributed by atoms with Crippen LogP contribution in [0.25, 0.3) is 73.7 Å². The monoisotopic (exact) mass is 1280 g/mol. The molecule has 0 saturated heterocycles. The Labute approximate surface area is 577 Å². The number of rotatable bonds is 9. The molecule has 7 heteroatoms. The van der Waals surface area contributed by atoms with Crippen LogP contribution in [0.2, 0.25) is 0 Å². The molecule has 4 nitrogen and oxygen atoms in total. The second-order valence-corrected chi connectivity index (χ2v) is 31.9. The van der Waals surface area contributed by atoms with Crippen LogP contribution in [0.3, 0.4) is 0 Å². The first-order chi connectivity index (χ1) is 47.0. The Morgan fingerprint density at radius 2 is 0.866 bits per heavy atom. The second-order valence-electron chi connectivity index (χ2n) is 29.7. The summed E-state index contributed by atoms with van der Waals surface area (Å²) in [5, 5.41) is 11.4. The number of nitrogens with zero attached hydrogens (tertiary/aromatic N) is 4. The first kappa shape index (κ1) is 59.1. The highest BCUT2D eigenvalue weighted by atomic mass is 32.1. The van der Waals surface area contributed by atoms with Gasteiger partial charge < -0.3 is 19.6 Å². The Hall–Kier alpha value is -10.4. The highest BCUT2D eigenvalue weighted by molar-refractivity contribution is 7.33. The zero-order valence-corrected chi connectivity index (χ0v) is 57.9. The molecular formula is C90H73BN4S2. The molecule has 0 N–H and O–H groups in total. The molecule has 0 atom stereocenters. The fourth-order valence-corrected chi connectivity index (χ4v) is 18.2. The standard InChI is InChI=1S/C90H73BN4S2/c1-88(2,3)59-39-43-65(44-40-59)94-77-54-67(92(62-25-13-10-14-26-62)63-27-15-11-16-28-63)55-78-85(77)91(87-86(94)72-52-61(90(7,8)9)42-50-80(72)97-87)73-48-45-66(93(64-29-17-12-18-30-64)75-32-22-34-81-84(75)70-31-19-20-33-79(70)96-81)53-76(73)95(78)74-49-41-60(89(4,5)6)51-71(74)68-46-37-58-36-35-56-23-21-24-57-38-47-69(68)83(58)82(56)57/h10-55H,1-9H3. The maximum absolute atomic E-state index is 2.70. The van der Waals surface area contributed by atoms with Gasteiger partial charge in [0.25, 0.3) is 6.71 Å². The van der Waals surface area contributed by atoms with Crippen LogP contribution in [0, 0.1) is 0 Å². The van der Waals surface area contributed by atoms with Gasteiger partial charge in [0.2, 0.25) is 0 Å². The molecule has 0 saturated carbocycles. The molecule has 0 aliphatic carbocycles. The van der Waals surface area contributed by atoms with Crippen molar-refractivity contribution in [1.29, 1.82) is 0 Å². The third-order valence-electron chi connectivity index (χ3n) is 20.6. The number of benzene rings is 14. The SMILES string of the molecule is CC(C)(C)c1ccc(N2c3cc(N(c4ccccc4)c4ccccc4)cc4c3B(c3ccc(N(c5ccccc5)c5cccc6sc7ccccc7c56)cc3N4c3ccc(C(C)(C)C)cc3-c3ccc4ccc5cccc6ccc3c4c56)c3sc4ccc(C(C)(C)C)cc4c32)cc1. The average Bonchev–Trinajstić information content (AvgIpc) is 1.68. The van der Waals surface area contributed by atoms with Gasteiger partial charge >= 0.3 is 0 Å². The Morgan fingerprint density at radius 1 is 0.320 bits per heavy atom. The van der Waals surface area contributed by atoms with E-state index < -0.39 is 0 Å². The summed E-state index contributed by atoms with van der Waals surface area (Å²) < 4.78 is 5.16. The van der Waals surface area contributed by atoms with Crippen molar-refractivity contribution in [1.82, 2.24) is 0 Å². The molecule has 14 aromatic carbocycles. The van der Waals surface area contributed by atoms with E-state index in [1.165, 1.54) is 112 Å². The van der Waals surface area contributed by atoms with E-state index in [4.69, 9.17) is 0 Å². The van der Waals surface area contributed by atoms with Gasteiger partial charge in [0.15, 0.2) is 0 Å². The molecule has 2 aliphatic heterocycles. The van der Waals surface area contributed by atoms with Crippen LogP contribution in [0.15, 0.2) is 279 Å². The zero-order valence-electron chi connectivity index (χ0n) is 56.2. The molecule has 0 fully saturated rings. The number of anilines is 12. The van der Waals surface area contributed by atoms with E-state index in [-0.39, 0.29) is 23.0 Å². The maximum atomic E-state index is 2.70. The molecule has 0 bridgehead atoms. The van der Waals surface area contributed by atoms with E-state index in [1.54, 1.807) is 0 Å². The molecule has 2 aliphatic rings. The van der Waals surface area contributed by atoms with E-state index in [0.29, 0.717) is 0 Å². The fourth-order valence-electron chi connectivity index (χ4n) is 15.8. The molecule has 0 amide bonds. The van der Waals surface area contributed by atoms with E-state index in [9.17, 15) is 0 Å². The molecule has 468 valence electrons. The lowest BCUT2D eigenvalue weighted by Gasteiger charge is -2.45. The summed E-state index contributed by atoms with van der Waals surface area (Å²) in [6, 6.07) is 106. The summed E-state index contributed by atoms with van der Waals surface area (Å²) >= 11 is 3.83. The number of fused-ring (bicyclic) bond motifs is 9. The molecule has 0 spiro atoms. The summed E-state index contributed by atoms with van der Waals surface area (Å²) in [5.74, 6) is 0. The number of hydrogen-bond acceptors (Lipinski definition) is 6. The smallest absolute Gasteiger partial charge is 0.264 e. The minimum atomic E-state index is -0.170. The lowest BCUT2D eigenvalue weighted by molar-refractivity contribution is 0.590. The van der Waals surface area contributed by atoms with Crippen LogP contribution in [0.5, 0.6) is 0 Å². The predicted octanol–water partition coefficient (Wildman–Crippen LogP) is 24.7. The molecule has 97 heavy (non-hydrogen) atoms. The van der Waals surface area contributed by atoms with Crippen molar-refractivity contribution >= 4 is 176 Å². The molecule has 0 unspecified atom stereocenters. The molecule has 18 rings (SSSR count). The van der Waals surface area contributed by atoms with Crippen LogP contribution in [0.1, 0.15) is 79.0 Å². The van der Waals surface area contributed by atoms with E-state index >= 15 is 0 Å². The summed E-state index contributed by atoms with van der Waals surface area (Å²) in [7, 11) is 0. The Bertz CT molecular complexity index is 5740. The van der Waals surface area contributed by atoms with Gasteiger partial charge in [-0.1, -0.05) is 226 Å². The van der Waals surface area contributed by atoms with Gasteiger partial charge in [-0.15, -0.1) is 22.7 Å². The van der Waals surface area contributed by atoms with Crippen molar-refractivity contribution in [3.05, 3.63) is 296 Å². The summed E-state index contributed by atoms with van der Waals surface area (Å²) in [6.45, 7) is 20.9. The Morgan fingerprint density at radius 3 is 1.55 bits per heavy atom. The van der Waals surface area contributed by atoms with Crippen molar-refractivity contribution in [3.63, 3.8) is 0 Å². The van der Waals surface area contributed by atoms with Crippen LogP contribution in [-0.2, 0) is 16.2 Å². The summed E-state index contributed by atoms with van der Waals surface area (Å²) in [4.78, 5) is 10.4. The van der Waals surface area contributed by atoms with Gasteiger partial charge in [0.1, 0.15) is 0 Å². The lowest BCUT2D eigenvalue weighted by Crippen LogP contribution is -2.60. The fraction of sp³-hybridized carbons (Fsp3) is 0.133. The minimum absolute atomic E-state index is 0.0452. The van der Waals surface area contributed by atoms with E-state index in [2.05, 4.69) is 361 Å². The molecule has 2 aromatic heterocycles. The zero-order chi connectivity index (χ0) is 65.8. The summed E-state index contributed by atoms with van der Waals surface area (Å²) in [6.07, 6.45) is 0. The number of para-hydroxylation sites is 3. The van der Waals surface area contributed by atoms with Gasteiger partial charge in [-0.2, -0.15) is 0 Å². The predicted molar refractivity (Wildman–Crippen MR) is 423 cm³/mol. The third kappa shape index (κ3) is 9.52. The molecule has 0 radical (unpaired) electrons. The van der Waals surface area contributed by atoms with Crippen LogP contribution < -0.4 is 35.3 Å². The Balaban J connectivity index is 1.01. The molecular weight excluding hydrogens is 1210 g/mol. The number of hydrogen-bond donors (Lipinski definition) is 0. The largest absolute Gasteiger partial charge is 0.311 e. The summed E-state index contributed by atoms with van der Waals surface area (Å²) in [5.41, 5.74) is 21.9. The van der Waals surface area contributed by atoms with Gasteiger partial charge in [-0.25, -0.2) is 0 Å². The minimum Gasteiger partial charge on any atom is -0.311 e. The van der Waals surface area contributed by atoms with Crippen molar-refractivity contribution in [2.24, 2.45) is 0 Å². The maximum Gasteiger partial charge on any atom is 0.264 e. The van der Waals surface area contributed by atoms with Crippen molar-refractivity contribution in [3.8, 4) is 11.1 Å². The highest BCUT2D eigenvalue weighted by Crippen LogP contribution is 2.55. The second kappa shape index (κ2) is 22.1. The van der Waals surface area contributed by atoms with Crippen LogP contribution >= 0.6 is 22.7 Å². The normalized spacial score (nSPS) is 13.1. The highest BCUT2D eigenvalue weighted by Gasteiger charge is 2.47. The quantitative estimate of drug-likeness (QED) is 0.105. The van der Waals surface area contributed by atoms with Crippen LogP contribution in [0.4, 0.5) is 68.2 Å². The van der Waals surface area contributed by atoms with Crippen LogP contribution in [-0.4, -0.2) is 6.71 Å². The average molecular weight is 1290 g/mol. The topological polar surface area (TPSA) is 13.0 Å². The van der Waals surface area contributed by atoms with Gasteiger partial charge in [-0.05, 0) is 197 Å². The van der Waals surface area contributed by atoms with Gasteiger partial charge in [-0.3, -0.25) is 0 Å². The lowest BCUT2D eigenvalue weighted by atomic mass is 9.36. The third-order valence-corrected chi connectivity index (χ3v) is 23.0. The van der Waals surface area contributed by atoms with Gasteiger partial charge in [0.05, 0.1) is 22.7 Å². The molecule has 4 heterocycles. The van der Waals surface area contributed by atoms with E-state index in [1.807, 2.05) is 22.7 Å². The van der Waals surface area contributed by atoms with Crippen molar-refractivity contribution in [2.45, 2.75) is 78.6 Å². The van der Waals surface area contributed by atoms with Crippen molar-refractivity contribution in [2.75, 3.05) is 19.6 Å².